The average Bonchev–Trinajstić information content (AvgIpc) is 3.36. The van der Waals surface area contributed by atoms with Crippen molar-refractivity contribution in [1.82, 2.24) is 20.2 Å². The number of nitrogens with one attached hydrogen (secondary N) is 1. The van der Waals surface area contributed by atoms with Gasteiger partial charge in [-0.1, -0.05) is 32.5 Å². The summed E-state index contributed by atoms with van der Waals surface area (Å²) in [6, 6.07) is 3.64. The highest BCUT2D eigenvalue weighted by molar-refractivity contribution is 7.99. The molecule has 2 atom stereocenters. The highest BCUT2D eigenvalue weighted by atomic mass is 32.2. The minimum Gasteiger partial charge on any atom is -0.461 e. The number of aromatic nitrogens is 3. The highest BCUT2D eigenvalue weighted by Gasteiger charge is 2.60. The molecule has 27 heavy (non-hydrogen) atoms. The van der Waals surface area contributed by atoms with E-state index in [1.165, 1.54) is 18.2 Å². The third-order valence-electron chi connectivity index (χ3n) is 6.74. The van der Waals surface area contributed by atoms with Crippen LogP contribution in [0.3, 0.4) is 0 Å². The average molecular weight is 388 g/mol. The first-order valence-electron chi connectivity index (χ1n) is 9.25. The standard InChI is InChI=1S/C19H25N5O2S/c1-18(2)12-7-8-19(18,3)14(10-12)20-21-15(25)11-27-17-23-22-16(24(17)4)13-6-5-9-26-13/h5-6,9,12H,7-8,10-11H2,1-4H3,(H,21,25)/b20-14+. The van der Waals surface area contributed by atoms with Crippen LogP contribution in [-0.4, -0.2) is 32.1 Å². The predicted molar refractivity (Wildman–Crippen MR) is 104 cm³/mol. The zero-order chi connectivity index (χ0) is 19.2. The second-order valence-corrected chi connectivity index (χ2v) is 9.16. The van der Waals surface area contributed by atoms with Gasteiger partial charge < -0.3 is 8.98 Å². The van der Waals surface area contributed by atoms with Crippen LogP contribution in [0.1, 0.15) is 40.0 Å². The first-order valence-corrected chi connectivity index (χ1v) is 10.2. The van der Waals surface area contributed by atoms with Gasteiger partial charge in [0.1, 0.15) is 0 Å². The van der Waals surface area contributed by atoms with Crippen molar-refractivity contribution in [3.8, 4) is 11.6 Å². The van der Waals surface area contributed by atoms with Crippen LogP contribution in [0, 0.1) is 16.7 Å². The molecule has 7 nitrogen and oxygen atoms in total. The number of carbonyl (C=O) groups is 1. The van der Waals surface area contributed by atoms with Gasteiger partial charge in [-0.05, 0) is 42.7 Å². The fourth-order valence-corrected chi connectivity index (χ4v) is 5.15. The van der Waals surface area contributed by atoms with E-state index in [1.54, 1.807) is 12.3 Å². The van der Waals surface area contributed by atoms with Gasteiger partial charge in [0.15, 0.2) is 16.7 Å². The van der Waals surface area contributed by atoms with Crippen molar-refractivity contribution in [2.24, 2.45) is 28.9 Å². The van der Waals surface area contributed by atoms with Crippen LogP contribution in [0.4, 0.5) is 0 Å². The van der Waals surface area contributed by atoms with E-state index in [9.17, 15) is 4.79 Å². The quantitative estimate of drug-likeness (QED) is 0.627. The predicted octanol–water partition coefficient (Wildman–Crippen LogP) is 3.49. The van der Waals surface area contributed by atoms with Crippen molar-refractivity contribution in [3.05, 3.63) is 18.4 Å². The van der Waals surface area contributed by atoms with Gasteiger partial charge in [-0.2, -0.15) is 5.10 Å². The Morgan fingerprint density at radius 3 is 2.89 bits per heavy atom. The molecule has 4 rings (SSSR count). The molecule has 1 N–H and O–H groups in total. The van der Waals surface area contributed by atoms with Gasteiger partial charge in [0.05, 0.1) is 12.0 Å². The van der Waals surface area contributed by atoms with Crippen LogP contribution < -0.4 is 5.43 Å². The molecule has 8 heteroatoms. The van der Waals surface area contributed by atoms with Gasteiger partial charge in [-0.15, -0.1) is 10.2 Å². The van der Waals surface area contributed by atoms with Crippen molar-refractivity contribution in [2.75, 3.05) is 5.75 Å². The maximum Gasteiger partial charge on any atom is 0.250 e. The SMILES string of the molecule is Cn1c(SCC(=O)N/N=C2\CC3CCC2(C)C3(C)C)nnc1-c1ccco1. The third-order valence-corrected chi connectivity index (χ3v) is 7.76. The van der Waals surface area contributed by atoms with Gasteiger partial charge in [0.25, 0.3) is 5.91 Å². The van der Waals surface area contributed by atoms with Crippen molar-refractivity contribution in [3.63, 3.8) is 0 Å². The lowest BCUT2D eigenvalue weighted by atomic mass is 9.70. The van der Waals surface area contributed by atoms with Gasteiger partial charge in [-0.3, -0.25) is 4.79 Å². The number of furan rings is 1. The van der Waals surface area contributed by atoms with Gasteiger partial charge in [0.2, 0.25) is 0 Å². The van der Waals surface area contributed by atoms with Crippen LogP contribution in [-0.2, 0) is 11.8 Å². The summed E-state index contributed by atoms with van der Waals surface area (Å²) in [6.07, 6.45) is 5.01. The number of carbonyl (C=O) groups excluding carboxylic acids is 1. The Morgan fingerprint density at radius 2 is 2.26 bits per heavy atom. The highest BCUT2D eigenvalue weighted by Crippen LogP contribution is 2.63. The molecule has 0 saturated heterocycles. The minimum atomic E-state index is -0.126. The van der Waals surface area contributed by atoms with Crippen LogP contribution in [0.5, 0.6) is 0 Å². The van der Waals surface area contributed by atoms with E-state index in [2.05, 4.69) is 41.5 Å². The largest absolute Gasteiger partial charge is 0.461 e. The molecule has 2 aliphatic rings. The number of fused-ring (bicyclic) bond motifs is 2. The lowest BCUT2D eigenvalue weighted by Gasteiger charge is -2.34. The number of rotatable bonds is 5. The Balaban J connectivity index is 1.36. The summed E-state index contributed by atoms with van der Waals surface area (Å²) in [5.41, 5.74) is 4.24. The van der Waals surface area contributed by atoms with Gasteiger partial charge in [-0.25, -0.2) is 5.43 Å². The Morgan fingerprint density at radius 1 is 1.44 bits per heavy atom. The Kier molecular flexibility index (Phi) is 4.41. The minimum absolute atomic E-state index is 0.0969. The summed E-state index contributed by atoms with van der Waals surface area (Å²) in [7, 11) is 1.86. The maximum atomic E-state index is 12.3. The topological polar surface area (TPSA) is 85.3 Å². The number of hydrazone groups is 1. The third kappa shape index (κ3) is 2.90. The fourth-order valence-electron chi connectivity index (χ4n) is 4.45. The van der Waals surface area contributed by atoms with Crippen molar-refractivity contribution in [1.29, 1.82) is 0 Å². The number of hydrogen-bond donors (Lipinski definition) is 1. The molecule has 2 heterocycles. The van der Waals surface area contributed by atoms with E-state index < -0.39 is 0 Å². The zero-order valence-corrected chi connectivity index (χ0v) is 17.0. The smallest absolute Gasteiger partial charge is 0.250 e. The molecule has 2 aromatic rings. The molecule has 0 spiro atoms. The van der Waals surface area contributed by atoms with Gasteiger partial charge >= 0.3 is 0 Å². The van der Waals surface area contributed by atoms with Gasteiger partial charge in [0, 0.05) is 18.2 Å². The molecule has 0 aliphatic heterocycles. The molecule has 2 aromatic heterocycles. The van der Waals surface area contributed by atoms with Crippen molar-refractivity contribution >= 4 is 23.4 Å². The van der Waals surface area contributed by atoms with Crippen molar-refractivity contribution in [2.45, 2.75) is 45.2 Å². The molecule has 0 radical (unpaired) electrons. The van der Waals surface area contributed by atoms with Crippen LogP contribution in [0.2, 0.25) is 0 Å². The Labute approximate surface area is 163 Å². The maximum absolute atomic E-state index is 12.3. The molecular formula is C19H25N5O2S. The summed E-state index contributed by atoms with van der Waals surface area (Å²) in [4.78, 5) is 12.3. The lowest BCUT2D eigenvalue weighted by molar-refractivity contribution is -0.118. The molecule has 2 saturated carbocycles. The molecule has 2 fully saturated rings. The number of amides is 1. The second kappa shape index (κ2) is 6.51. The van der Waals surface area contributed by atoms with E-state index in [-0.39, 0.29) is 22.5 Å². The Bertz CT molecular complexity index is 886. The first-order chi connectivity index (χ1) is 12.8. The summed E-state index contributed by atoms with van der Waals surface area (Å²) >= 11 is 1.34. The number of hydrogen-bond acceptors (Lipinski definition) is 6. The van der Waals surface area contributed by atoms with E-state index in [0.717, 1.165) is 18.6 Å². The lowest BCUT2D eigenvalue weighted by Crippen LogP contribution is -2.34. The van der Waals surface area contributed by atoms with E-state index in [0.29, 0.717) is 22.7 Å². The summed E-state index contributed by atoms with van der Waals surface area (Å²) in [5.74, 6) is 2.08. The van der Waals surface area contributed by atoms with Crippen LogP contribution >= 0.6 is 11.8 Å². The van der Waals surface area contributed by atoms with Crippen LogP contribution in [0.15, 0.2) is 33.1 Å². The summed E-state index contributed by atoms with van der Waals surface area (Å²) < 4.78 is 7.18. The number of nitrogens with zero attached hydrogens (tertiary/aromatic N) is 4. The fraction of sp³-hybridized carbons (Fsp3) is 0.579. The second-order valence-electron chi connectivity index (χ2n) is 8.22. The number of thioether (sulfide) groups is 1. The molecule has 2 unspecified atom stereocenters. The molecule has 144 valence electrons. The molecular weight excluding hydrogens is 362 g/mol. The van der Waals surface area contributed by atoms with Crippen molar-refractivity contribution < 1.29 is 9.21 Å². The normalized spacial score (nSPS) is 27.4. The van der Waals surface area contributed by atoms with E-state index in [4.69, 9.17) is 4.42 Å². The molecule has 2 bridgehead atoms. The molecule has 1 amide bonds. The van der Waals surface area contributed by atoms with E-state index in [1.807, 2.05) is 17.7 Å². The first kappa shape index (κ1) is 18.3. The monoisotopic (exact) mass is 387 g/mol. The van der Waals surface area contributed by atoms with Crippen LogP contribution in [0.25, 0.3) is 11.6 Å². The van der Waals surface area contributed by atoms with E-state index >= 15 is 0 Å². The summed E-state index contributed by atoms with van der Waals surface area (Å²) in [5, 5.41) is 13.4. The molecule has 0 aromatic carbocycles. The molecule has 2 aliphatic carbocycles. The summed E-state index contributed by atoms with van der Waals surface area (Å²) in [6.45, 7) is 6.94. The Hall–Kier alpha value is -2.09. The zero-order valence-electron chi connectivity index (χ0n) is 16.2.